The second kappa shape index (κ2) is 8.22. The fourth-order valence-electron chi connectivity index (χ4n) is 0.644. The second-order valence-electron chi connectivity index (χ2n) is 2.43. The van der Waals surface area contributed by atoms with Gasteiger partial charge in [0.15, 0.2) is 0 Å². The van der Waals surface area contributed by atoms with Gasteiger partial charge in [0.1, 0.15) is 12.0 Å². The third kappa shape index (κ3) is 6.16. The van der Waals surface area contributed by atoms with Crippen molar-refractivity contribution in [3.05, 3.63) is 29.8 Å². The van der Waals surface area contributed by atoms with Crippen molar-refractivity contribution in [2.24, 2.45) is 0 Å². The lowest BCUT2D eigenvalue weighted by Gasteiger charge is -1.88. The summed E-state index contributed by atoms with van der Waals surface area (Å²) in [6.07, 6.45) is 0.736. The number of phenols is 1. The van der Waals surface area contributed by atoms with E-state index in [-0.39, 0.29) is 12.4 Å². The molecule has 0 aliphatic rings. The fourth-order valence-corrected chi connectivity index (χ4v) is 0.644. The standard InChI is InChI=1S/C7H6O2.C3H8O2/c8-5-6-1-3-7(9)4-2-6;1-5-3-2-4/h1-5,9H;4H,2-3H2,1H3. The first-order valence-electron chi connectivity index (χ1n) is 4.08. The van der Waals surface area contributed by atoms with E-state index in [0.29, 0.717) is 12.2 Å². The number of hydrogen-bond acceptors (Lipinski definition) is 4. The molecule has 0 atom stereocenters. The van der Waals surface area contributed by atoms with Crippen molar-refractivity contribution in [2.75, 3.05) is 20.3 Å². The first kappa shape index (κ1) is 12.6. The topological polar surface area (TPSA) is 66.8 Å². The number of rotatable bonds is 3. The molecule has 4 nitrogen and oxygen atoms in total. The van der Waals surface area contributed by atoms with Gasteiger partial charge in [-0.1, -0.05) is 0 Å². The lowest BCUT2D eigenvalue weighted by molar-refractivity contribution is 0.112. The van der Waals surface area contributed by atoms with Crippen LogP contribution in [-0.4, -0.2) is 36.8 Å². The Morgan fingerprint density at radius 3 is 2.21 bits per heavy atom. The highest BCUT2D eigenvalue weighted by Crippen LogP contribution is 2.07. The first-order chi connectivity index (χ1) is 6.74. The highest BCUT2D eigenvalue weighted by atomic mass is 16.5. The Kier molecular flexibility index (Phi) is 7.40. The average molecular weight is 198 g/mol. The minimum Gasteiger partial charge on any atom is -0.508 e. The normalized spacial score (nSPS) is 8.71. The molecule has 1 aromatic carbocycles. The van der Waals surface area contributed by atoms with E-state index < -0.39 is 0 Å². The van der Waals surface area contributed by atoms with Crippen molar-refractivity contribution in [1.29, 1.82) is 0 Å². The predicted octanol–water partition coefficient (Wildman–Crippen LogP) is 0.830. The van der Waals surface area contributed by atoms with E-state index in [1.807, 2.05) is 0 Å². The van der Waals surface area contributed by atoms with Crippen molar-refractivity contribution >= 4 is 6.29 Å². The van der Waals surface area contributed by atoms with Crippen LogP contribution in [-0.2, 0) is 4.74 Å². The Balaban J connectivity index is 0.000000292. The lowest BCUT2D eigenvalue weighted by atomic mass is 10.2. The minimum absolute atomic E-state index is 0.122. The number of hydrogen-bond donors (Lipinski definition) is 2. The highest BCUT2D eigenvalue weighted by molar-refractivity contribution is 5.74. The summed E-state index contributed by atoms with van der Waals surface area (Å²) in [6, 6.07) is 6.07. The SMILES string of the molecule is COCCO.O=Cc1ccc(O)cc1. The van der Waals surface area contributed by atoms with Crippen LogP contribution < -0.4 is 0 Å². The Morgan fingerprint density at radius 2 is 1.93 bits per heavy atom. The lowest BCUT2D eigenvalue weighted by Crippen LogP contribution is -1.91. The maximum Gasteiger partial charge on any atom is 0.150 e. The molecule has 0 saturated heterocycles. The third-order valence-corrected chi connectivity index (χ3v) is 1.32. The zero-order valence-corrected chi connectivity index (χ0v) is 8.01. The summed E-state index contributed by atoms with van der Waals surface area (Å²) >= 11 is 0. The molecule has 0 aromatic heterocycles. The Hall–Kier alpha value is -1.39. The molecule has 0 unspecified atom stereocenters. The molecule has 0 fully saturated rings. The van der Waals surface area contributed by atoms with Crippen molar-refractivity contribution in [3.63, 3.8) is 0 Å². The molecule has 0 aliphatic carbocycles. The minimum atomic E-state index is 0.122. The number of methoxy groups -OCH3 is 1. The van der Waals surface area contributed by atoms with Crippen LogP contribution in [0.1, 0.15) is 10.4 Å². The van der Waals surface area contributed by atoms with Gasteiger partial charge in [0.2, 0.25) is 0 Å². The van der Waals surface area contributed by atoms with Gasteiger partial charge in [-0.3, -0.25) is 4.79 Å². The molecule has 0 spiro atoms. The van der Waals surface area contributed by atoms with Gasteiger partial charge < -0.3 is 14.9 Å². The quantitative estimate of drug-likeness (QED) is 0.706. The number of carbonyl (C=O) groups is 1. The van der Waals surface area contributed by atoms with E-state index in [0.717, 1.165) is 6.29 Å². The van der Waals surface area contributed by atoms with Crippen LogP contribution >= 0.6 is 0 Å². The molecule has 0 aliphatic heterocycles. The maximum atomic E-state index is 10.0. The van der Waals surface area contributed by atoms with Crippen LogP contribution in [0, 0.1) is 0 Å². The number of benzene rings is 1. The Bertz CT molecular complexity index is 241. The van der Waals surface area contributed by atoms with Gasteiger partial charge in [0, 0.05) is 12.7 Å². The number of aliphatic hydroxyl groups excluding tert-OH is 1. The number of carbonyl (C=O) groups excluding carboxylic acids is 1. The molecule has 2 N–H and O–H groups in total. The smallest absolute Gasteiger partial charge is 0.150 e. The molecule has 1 rings (SSSR count). The molecule has 78 valence electrons. The summed E-state index contributed by atoms with van der Waals surface area (Å²) in [4.78, 5) is 10.0. The number of phenolic OH excluding ortho intramolecular Hbond substituents is 1. The largest absolute Gasteiger partial charge is 0.508 e. The maximum absolute atomic E-state index is 10.0. The third-order valence-electron chi connectivity index (χ3n) is 1.32. The van der Waals surface area contributed by atoms with Crippen molar-refractivity contribution in [2.45, 2.75) is 0 Å². The number of aromatic hydroxyl groups is 1. The zero-order valence-electron chi connectivity index (χ0n) is 8.01. The monoisotopic (exact) mass is 198 g/mol. The summed E-state index contributed by atoms with van der Waals surface area (Å²) in [5, 5.41) is 16.7. The predicted molar refractivity (Wildman–Crippen MR) is 52.5 cm³/mol. The Morgan fingerprint density at radius 1 is 1.36 bits per heavy atom. The van der Waals surface area contributed by atoms with Gasteiger partial charge >= 0.3 is 0 Å². The molecular weight excluding hydrogens is 184 g/mol. The zero-order chi connectivity index (χ0) is 10.8. The second-order valence-corrected chi connectivity index (χ2v) is 2.43. The number of aldehydes is 1. The summed E-state index contributed by atoms with van der Waals surface area (Å²) in [5.74, 6) is 0.181. The molecule has 0 bridgehead atoms. The Labute approximate surface area is 82.8 Å². The van der Waals surface area contributed by atoms with Crippen molar-refractivity contribution in [3.8, 4) is 5.75 Å². The van der Waals surface area contributed by atoms with E-state index in [9.17, 15) is 4.79 Å². The average Bonchev–Trinajstić information content (AvgIpc) is 2.21. The van der Waals surface area contributed by atoms with Crippen LogP contribution in [0.5, 0.6) is 5.75 Å². The van der Waals surface area contributed by atoms with Gasteiger partial charge in [-0.15, -0.1) is 0 Å². The molecule has 0 saturated carbocycles. The van der Waals surface area contributed by atoms with Gasteiger partial charge in [0.25, 0.3) is 0 Å². The van der Waals surface area contributed by atoms with Gasteiger partial charge in [-0.2, -0.15) is 0 Å². The van der Waals surface area contributed by atoms with Crippen LogP contribution in [0.25, 0.3) is 0 Å². The molecule has 14 heavy (non-hydrogen) atoms. The summed E-state index contributed by atoms with van der Waals surface area (Å²) in [7, 11) is 1.55. The van der Waals surface area contributed by atoms with Crippen LogP contribution in [0.3, 0.4) is 0 Å². The molecule has 0 heterocycles. The van der Waals surface area contributed by atoms with Crippen LogP contribution in [0.4, 0.5) is 0 Å². The van der Waals surface area contributed by atoms with Crippen molar-refractivity contribution < 1.29 is 19.7 Å². The van der Waals surface area contributed by atoms with Crippen LogP contribution in [0.15, 0.2) is 24.3 Å². The summed E-state index contributed by atoms with van der Waals surface area (Å²) < 4.78 is 4.44. The molecular formula is C10H14O4. The van der Waals surface area contributed by atoms with E-state index in [4.69, 9.17) is 10.2 Å². The number of ether oxygens (including phenoxy) is 1. The van der Waals surface area contributed by atoms with Crippen LogP contribution in [0.2, 0.25) is 0 Å². The van der Waals surface area contributed by atoms with Gasteiger partial charge in [0.05, 0.1) is 13.2 Å². The van der Waals surface area contributed by atoms with Gasteiger partial charge in [-0.25, -0.2) is 0 Å². The van der Waals surface area contributed by atoms with E-state index in [2.05, 4.69) is 4.74 Å². The summed E-state index contributed by atoms with van der Waals surface area (Å²) in [6.45, 7) is 0.566. The molecule has 4 heteroatoms. The van der Waals surface area contributed by atoms with Gasteiger partial charge in [-0.05, 0) is 24.3 Å². The fraction of sp³-hybridized carbons (Fsp3) is 0.300. The first-order valence-corrected chi connectivity index (χ1v) is 4.08. The van der Waals surface area contributed by atoms with Crippen molar-refractivity contribution in [1.82, 2.24) is 0 Å². The molecule has 1 aromatic rings. The van der Waals surface area contributed by atoms with E-state index in [1.54, 1.807) is 19.2 Å². The molecule has 0 radical (unpaired) electrons. The summed E-state index contributed by atoms with van der Waals surface area (Å²) in [5.41, 5.74) is 0.577. The number of aliphatic hydroxyl groups is 1. The molecule has 0 amide bonds. The highest BCUT2D eigenvalue weighted by Gasteiger charge is 1.86. The van der Waals surface area contributed by atoms with E-state index in [1.165, 1.54) is 12.1 Å². The van der Waals surface area contributed by atoms with E-state index >= 15 is 0 Å².